The van der Waals surface area contributed by atoms with Crippen LogP contribution in [-0.4, -0.2) is 73.2 Å². The third-order valence-corrected chi connectivity index (χ3v) is 5.70. The van der Waals surface area contributed by atoms with Gasteiger partial charge in [-0.05, 0) is 31.0 Å². The molecule has 2 fully saturated rings. The maximum Gasteiger partial charge on any atom is 0.411 e. The lowest BCUT2D eigenvalue weighted by atomic mass is 9.81. The third-order valence-electron chi connectivity index (χ3n) is 5.70. The van der Waals surface area contributed by atoms with Crippen LogP contribution in [-0.2, 0) is 19.1 Å². The molecule has 1 aliphatic heterocycles. The van der Waals surface area contributed by atoms with E-state index in [4.69, 9.17) is 9.47 Å². The number of nitrogens with zero attached hydrogens (tertiary/aromatic N) is 2. The van der Waals surface area contributed by atoms with Gasteiger partial charge in [0.05, 0.1) is 6.61 Å². The molecule has 1 saturated carbocycles. The molecular weight excluding hydrogens is 404 g/mol. The number of benzene rings is 1. The average molecular weight is 432 g/mol. The van der Waals surface area contributed by atoms with Gasteiger partial charge in [0.25, 0.3) is 5.91 Å². The minimum Gasteiger partial charge on any atom is -0.447 e. The zero-order valence-corrected chi connectivity index (χ0v) is 17.8. The van der Waals surface area contributed by atoms with Crippen LogP contribution in [0.1, 0.15) is 32.1 Å². The highest BCUT2D eigenvalue weighted by Gasteiger charge is 2.55. The average Bonchev–Trinajstić information content (AvgIpc) is 2.91. The number of likely N-dealkylation sites (N-methyl/N-ethyl adjacent to an activating group) is 1. The van der Waals surface area contributed by atoms with Gasteiger partial charge in [0.2, 0.25) is 5.91 Å². The smallest absolute Gasteiger partial charge is 0.411 e. The van der Waals surface area contributed by atoms with Gasteiger partial charge in [-0.3, -0.25) is 19.8 Å². The molecule has 1 heterocycles. The third kappa shape index (κ3) is 4.96. The molecule has 2 N–H and O–H groups in total. The maximum absolute atomic E-state index is 13.0. The molecule has 0 bridgehead atoms. The Labute approximate surface area is 180 Å². The van der Waals surface area contributed by atoms with Crippen molar-refractivity contribution in [3.8, 4) is 0 Å². The van der Waals surface area contributed by atoms with Crippen molar-refractivity contribution in [3.63, 3.8) is 0 Å². The largest absolute Gasteiger partial charge is 0.447 e. The summed E-state index contributed by atoms with van der Waals surface area (Å²) in [6, 6.07) is 6.04. The normalized spacial score (nSPS) is 17.7. The van der Waals surface area contributed by atoms with Crippen LogP contribution >= 0.6 is 0 Å². The fourth-order valence-electron chi connectivity index (χ4n) is 4.06. The number of methoxy groups -OCH3 is 1. The number of anilines is 2. The summed E-state index contributed by atoms with van der Waals surface area (Å²) in [7, 11) is 3.13. The van der Waals surface area contributed by atoms with Crippen molar-refractivity contribution in [1.29, 1.82) is 0 Å². The topological polar surface area (TPSA) is 117 Å². The number of carbonyl (C=O) groups excluding carboxylic acids is 4. The summed E-state index contributed by atoms with van der Waals surface area (Å²) in [5, 5.41) is 5.22. The molecule has 1 aromatic rings. The second-order valence-electron chi connectivity index (χ2n) is 7.71. The van der Waals surface area contributed by atoms with Crippen molar-refractivity contribution in [3.05, 3.63) is 24.3 Å². The van der Waals surface area contributed by atoms with Crippen molar-refractivity contribution in [2.24, 2.45) is 0 Å². The van der Waals surface area contributed by atoms with Gasteiger partial charge >= 0.3 is 12.1 Å². The Morgan fingerprint density at radius 3 is 2.42 bits per heavy atom. The lowest BCUT2D eigenvalue weighted by Crippen LogP contribution is -2.49. The Kier molecular flexibility index (Phi) is 7.11. The predicted octanol–water partition coefficient (Wildman–Crippen LogP) is 2.42. The summed E-state index contributed by atoms with van der Waals surface area (Å²) in [5.41, 5.74) is 0.0248. The Bertz CT molecular complexity index is 852. The van der Waals surface area contributed by atoms with E-state index in [-0.39, 0.29) is 25.7 Å². The first kappa shape index (κ1) is 22.5. The van der Waals surface area contributed by atoms with E-state index in [1.165, 1.54) is 12.0 Å². The van der Waals surface area contributed by atoms with E-state index >= 15 is 0 Å². The van der Waals surface area contributed by atoms with Crippen molar-refractivity contribution in [1.82, 2.24) is 9.80 Å². The lowest BCUT2D eigenvalue weighted by Gasteiger charge is -2.35. The fraction of sp³-hybridized carbons (Fsp3) is 0.524. The Balaban J connectivity index is 1.59. The highest BCUT2D eigenvalue weighted by atomic mass is 16.6. The highest BCUT2D eigenvalue weighted by molar-refractivity contribution is 6.10. The molecule has 2 aliphatic rings. The Morgan fingerprint density at radius 1 is 1.06 bits per heavy atom. The van der Waals surface area contributed by atoms with Gasteiger partial charge in [-0.2, -0.15) is 0 Å². The lowest BCUT2D eigenvalue weighted by molar-refractivity contribution is -0.136. The SMILES string of the molecule is COCCOC(=O)Nc1cccc(NC(=O)CN2C(=O)N(C)C3(CCCCC3)C2=O)c1. The van der Waals surface area contributed by atoms with Crippen LogP contribution in [0, 0.1) is 0 Å². The molecule has 10 nitrogen and oxygen atoms in total. The predicted molar refractivity (Wildman–Crippen MR) is 113 cm³/mol. The number of urea groups is 1. The second-order valence-corrected chi connectivity index (χ2v) is 7.71. The monoisotopic (exact) mass is 432 g/mol. The molecule has 1 aromatic carbocycles. The molecule has 0 radical (unpaired) electrons. The number of rotatable bonds is 7. The number of carbonyl (C=O) groups is 4. The summed E-state index contributed by atoms with van der Waals surface area (Å²) in [5.74, 6) is -0.799. The van der Waals surface area contributed by atoms with Gasteiger partial charge in [0.1, 0.15) is 18.7 Å². The fourth-order valence-corrected chi connectivity index (χ4v) is 4.06. The standard InChI is InChI=1S/C21H28N4O6/c1-24-20(29)25(18(27)21(24)9-4-3-5-10-21)14-17(26)22-15-7-6-8-16(13-15)23-19(28)31-12-11-30-2/h6-8,13H,3-5,9-12,14H2,1-2H3,(H,22,26)(H,23,28). The van der Waals surface area contributed by atoms with E-state index in [1.807, 2.05) is 0 Å². The second kappa shape index (κ2) is 9.78. The van der Waals surface area contributed by atoms with Gasteiger partial charge in [-0.25, -0.2) is 9.59 Å². The molecule has 1 saturated heterocycles. The molecule has 1 spiro atoms. The number of imide groups is 1. The molecule has 3 rings (SSSR count). The Hall–Kier alpha value is -3.14. The maximum atomic E-state index is 13.0. The molecule has 31 heavy (non-hydrogen) atoms. The number of amides is 5. The number of hydrogen-bond donors (Lipinski definition) is 2. The highest BCUT2D eigenvalue weighted by Crippen LogP contribution is 2.39. The Morgan fingerprint density at radius 2 is 1.74 bits per heavy atom. The van der Waals surface area contributed by atoms with Crippen LogP contribution in [0.25, 0.3) is 0 Å². The van der Waals surface area contributed by atoms with Crippen LogP contribution in [0.3, 0.4) is 0 Å². The first-order valence-electron chi connectivity index (χ1n) is 10.3. The van der Waals surface area contributed by atoms with E-state index in [0.717, 1.165) is 24.2 Å². The summed E-state index contributed by atoms with van der Waals surface area (Å²) in [6.07, 6.45) is 3.42. The number of nitrogens with one attached hydrogen (secondary N) is 2. The van der Waals surface area contributed by atoms with Crippen molar-refractivity contribution in [2.75, 3.05) is 44.5 Å². The minimum absolute atomic E-state index is 0.118. The summed E-state index contributed by atoms with van der Waals surface area (Å²) < 4.78 is 9.75. The van der Waals surface area contributed by atoms with Gasteiger partial charge in [-0.1, -0.05) is 25.3 Å². The molecule has 0 unspecified atom stereocenters. The van der Waals surface area contributed by atoms with Crippen LogP contribution in [0.5, 0.6) is 0 Å². The van der Waals surface area contributed by atoms with Crippen molar-refractivity contribution >= 4 is 35.3 Å². The first-order valence-corrected chi connectivity index (χ1v) is 10.3. The minimum atomic E-state index is -0.817. The van der Waals surface area contributed by atoms with Gasteiger partial charge < -0.3 is 19.7 Å². The molecule has 5 amide bonds. The number of ether oxygens (including phenoxy) is 2. The molecular formula is C21H28N4O6. The first-order chi connectivity index (χ1) is 14.9. The summed E-state index contributed by atoms with van der Waals surface area (Å²) in [6.45, 7) is 0.0427. The zero-order chi connectivity index (χ0) is 22.4. The van der Waals surface area contributed by atoms with Crippen LogP contribution in [0.2, 0.25) is 0 Å². The van der Waals surface area contributed by atoms with E-state index in [1.54, 1.807) is 31.3 Å². The van der Waals surface area contributed by atoms with Crippen LogP contribution in [0.4, 0.5) is 21.0 Å². The molecule has 168 valence electrons. The van der Waals surface area contributed by atoms with Crippen molar-refractivity contribution in [2.45, 2.75) is 37.6 Å². The van der Waals surface area contributed by atoms with E-state index in [9.17, 15) is 19.2 Å². The van der Waals surface area contributed by atoms with Gasteiger partial charge in [0.15, 0.2) is 0 Å². The van der Waals surface area contributed by atoms with Crippen LogP contribution < -0.4 is 10.6 Å². The summed E-state index contributed by atoms with van der Waals surface area (Å²) >= 11 is 0. The van der Waals surface area contributed by atoms with E-state index in [2.05, 4.69) is 10.6 Å². The quantitative estimate of drug-likeness (QED) is 0.505. The zero-order valence-electron chi connectivity index (χ0n) is 17.8. The molecule has 1 aliphatic carbocycles. The van der Waals surface area contributed by atoms with Gasteiger partial charge in [0, 0.05) is 25.5 Å². The van der Waals surface area contributed by atoms with E-state index < -0.39 is 23.6 Å². The van der Waals surface area contributed by atoms with E-state index in [0.29, 0.717) is 24.2 Å². The van der Waals surface area contributed by atoms with Gasteiger partial charge in [-0.15, -0.1) is 0 Å². The molecule has 0 atom stereocenters. The molecule has 0 aromatic heterocycles. The van der Waals surface area contributed by atoms with Crippen molar-refractivity contribution < 1.29 is 28.7 Å². The number of hydrogen-bond acceptors (Lipinski definition) is 6. The molecule has 10 heteroatoms. The summed E-state index contributed by atoms with van der Waals surface area (Å²) in [4.78, 5) is 52.4. The van der Waals surface area contributed by atoms with Crippen LogP contribution in [0.15, 0.2) is 24.3 Å².